The molecule has 1 N–H and O–H groups in total. The second kappa shape index (κ2) is 15.4. The number of methoxy groups -OCH3 is 1. The highest BCUT2D eigenvalue weighted by atomic mass is 127. The molecular formula is C24H26IN2O3P. The maximum Gasteiger partial charge on any atom is 0.142 e. The Labute approximate surface area is 200 Å². The summed E-state index contributed by atoms with van der Waals surface area (Å²) >= 11 is 2.08. The van der Waals surface area contributed by atoms with Gasteiger partial charge in [-0.2, -0.15) is 5.26 Å². The van der Waals surface area contributed by atoms with Gasteiger partial charge in [0.1, 0.15) is 18.1 Å². The molecule has 0 fully saturated rings. The summed E-state index contributed by atoms with van der Waals surface area (Å²) in [6.07, 6.45) is 0.917. The van der Waals surface area contributed by atoms with Crippen LogP contribution in [-0.4, -0.2) is 24.5 Å². The lowest BCUT2D eigenvalue weighted by Gasteiger charge is -2.21. The zero-order valence-electron chi connectivity index (χ0n) is 17.5. The lowest BCUT2D eigenvalue weighted by molar-refractivity contribution is -0.108. The van der Waals surface area contributed by atoms with Crippen molar-refractivity contribution < 1.29 is 14.6 Å². The fraction of sp³-hybridized carbons (Fsp3) is 0.167. The monoisotopic (exact) mass is 548 g/mol. The molecule has 0 aliphatic rings. The van der Waals surface area contributed by atoms with Crippen LogP contribution in [0.1, 0.15) is 18.1 Å². The number of hydrogen-bond donors (Lipinski definition) is 1. The van der Waals surface area contributed by atoms with Gasteiger partial charge in [-0.25, -0.2) is 0 Å². The molecule has 3 aromatic carbocycles. The number of carbonyl (C=O) groups is 1. The first-order valence-corrected chi connectivity index (χ1v) is 11.0. The van der Waals surface area contributed by atoms with Crippen molar-refractivity contribution in [2.45, 2.75) is 19.6 Å². The smallest absolute Gasteiger partial charge is 0.142 e. The van der Waals surface area contributed by atoms with Crippen LogP contribution in [0.25, 0.3) is 0 Å². The standard InChI is InChI=1S/C9H12NOP.C8H10O.C7H4INO/c1-8(7-11)10(12)9-5-3-2-4-6-9;1-9-7-8-5-3-2-4-6-8;8-6-1-2-7(10)5(3-6)4-9/h2-8H,12H2,1H3;2-6H,7H2,1H3;1-3,10H/t8-;;/m0../s1. The first-order valence-electron chi connectivity index (χ1n) is 9.38. The van der Waals surface area contributed by atoms with Crippen molar-refractivity contribution in [1.82, 2.24) is 0 Å². The molecule has 0 heterocycles. The molecule has 0 radical (unpaired) electrons. The van der Waals surface area contributed by atoms with E-state index >= 15 is 0 Å². The predicted octanol–water partition coefficient (Wildman–Crippen LogP) is 5.57. The molecule has 0 bridgehead atoms. The molecule has 162 valence electrons. The highest BCUT2D eigenvalue weighted by molar-refractivity contribution is 14.1. The van der Waals surface area contributed by atoms with Crippen molar-refractivity contribution >= 4 is 44.0 Å². The molecule has 0 aliphatic heterocycles. The Morgan fingerprint density at radius 1 is 1.13 bits per heavy atom. The van der Waals surface area contributed by atoms with Crippen molar-refractivity contribution in [3.05, 3.63) is 93.6 Å². The van der Waals surface area contributed by atoms with E-state index in [4.69, 9.17) is 15.1 Å². The minimum absolute atomic E-state index is 0.0444. The fourth-order valence-corrected chi connectivity index (χ4v) is 2.97. The molecule has 2 atom stereocenters. The molecule has 0 saturated carbocycles. The number of nitrogens with zero attached hydrogens (tertiary/aromatic N) is 2. The number of ether oxygens (including phenoxy) is 1. The normalized spacial score (nSPS) is 10.3. The fourth-order valence-electron chi connectivity index (χ4n) is 2.24. The second-order valence-corrected chi connectivity index (χ2v) is 8.11. The van der Waals surface area contributed by atoms with Crippen molar-refractivity contribution in [2.24, 2.45) is 0 Å². The highest BCUT2D eigenvalue weighted by Crippen LogP contribution is 2.19. The number of carbonyl (C=O) groups excluding carboxylic acids is 1. The van der Waals surface area contributed by atoms with E-state index < -0.39 is 0 Å². The average molecular weight is 548 g/mol. The number of benzene rings is 3. The first-order chi connectivity index (χ1) is 14.9. The summed E-state index contributed by atoms with van der Waals surface area (Å²) in [4.78, 5) is 10.5. The summed E-state index contributed by atoms with van der Waals surface area (Å²) in [5.74, 6) is 0.0444. The van der Waals surface area contributed by atoms with Gasteiger partial charge in [-0.15, -0.1) is 0 Å². The highest BCUT2D eigenvalue weighted by Gasteiger charge is 2.06. The van der Waals surface area contributed by atoms with Gasteiger partial charge in [0.25, 0.3) is 0 Å². The predicted molar refractivity (Wildman–Crippen MR) is 137 cm³/mol. The van der Waals surface area contributed by atoms with Gasteiger partial charge in [0, 0.05) is 16.4 Å². The van der Waals surface area contributed by atoms with Gasteiger partial charge in [0.05, 0.1) is 18.2 Å². The van der Waals surface area contributed by atoms with Crippen LogP contribution in [-0.2, 0) is 16.1 Å². The summed E-state index contributed by atoms with van der Waals surface area (Å²) in [5, 5.41) is 17.4. The molecule has 31 heavy (non-hydrogen) atoms. The minimum atomic E-state index is -0.0996. The Morgan fingerprint density at radius 2 is 1.71 bits per heavy atom. The number of phenolic OH excluding ortho intramolecular Hbond substituents is 1. The van der Waals surface area contributed by atoms with Crippen LogP contribution in [0.3, 0.4) is 0 Å². The number of nitriles is 1. The third-order valence-corrected chi connectivity index (χ3v) is 5.36. The van der Waals surface area contributed by atoms with Gasteiger partial charge in [-0.1, -0.05) is 48.5 Å². The SMILES string of the molecule is COCc1ccccc1.C[C@@H](C=O)N(P)c1ccccc1.N#Cc1cc(I)ccc1O. The molecular weight excluding hydrogens is 522 g/mol. The van der Waals surface area contributed by atoms with E-state index in [1.165, 1.54) is 11.6 Å². The summed E-state index contributed by atoms with van der Waals surface area (Å²) in [6, 6.07) is 26.6. The number of phenols is 1. The Bertz CT molecular complexity index is 950. The summed E-state index contributed by atoms with van der Waals surface area (Å²) < 4.78 is 7.73. The Hall–Kier alpha value is -2.46. The maximum atomic E-state index is 10.5. The summed E-state index contributed by atoms with van der Waals surface area (Å²) in [6.45, 7) is 2.56. The number of aromatic hydroxyl groups is 1. The average Bonchev–Trinajstić information content (AvgIpc) is 2.82. The van der Waals surface area contributed by atoms with Crippen LogP contribution in [0.2, 0.25) is 0 Å². The first kappa shape index (κ1) is 26.6. The quantitative estimate of drug-likeness (QED) is 0.257. The van der Waals surface area contributed by atoms with Crippen molar-refractivity contribution in [3.63, 3.8) is 0 Å². The topological polar surface area (TPSA) is 73.6 Å². The number of halogens is 1. The number of para-hydroxylation sites is 1. The lowest BCUT2D eigenvalue weighted by Crippen LogP contribution is -2.23. The van der Waals surface area contributed by atoms with Crippen LogP contribution < -0.4 is 4.67 Å². The molecule has 0 saturated heterocycles. The number of anilines is 1. The van der Waals surface area contributed by atoms with Gasteiger partial charge in [-0.3, -0.25) is 0 Å². The third kappa shape index (κ3) is 10.4. The molecule has 1 unspecified atom stereocenters. The molecule has 7 heteroatoms. The Balaban J connectivity index is 0.000000235. The van der Waals surface area contributed by atoms with Crippen LogP contribution >= 0.6 is 32.0 Å². The van der Waals surface area contributed by atoms with Crippen LogP contribution in [0.5, 0.6) is 5.75 Å². The largest absolute Gasteiger partial charge is 0.507 e. The Morgan fingerprint density at radius 3 is 2.19 bits per heavy atom. The molecule has 0 aromatic heterocycles. The molecule has 3 rings (SSSR count). The molecule has 0 aliphatic carbocycles. The number of aldehydes is 1. The molecule has 0 spiro atoms. The maximum absolute atomic E-state index is 10.5. The van der Waals surface area contributed by atoms with Crippen LogP contribution in [0.4, 0.5) is 5.69 Å². The van der Waals surface area contributed by atoms with Crippen LogP contribution in [0, 0.1) is 14.9 Å². The van der Waals surface area contributed by atoms with Crippen LogP contribution in [0.15, 0.2) is 78.9 Å². The van der Waals surface area contributed by atoms with Crippen molar-refractivity contribution in [2.75, 3.05) is 11.8 Å². The molecule has 3 aromatic rings. The zero-order valence-corrected chi connectivity index (χ0v) is 20.8. The van der Waals surface area contributed by atoms with E-state index in [-0.39, 0.29) is 11.8 Å². The van der Waals surface area contributed by atoms with Gasteiger partial charge < -0.3 is 19.3 Å². The van der Waals surface area contributed by atoms with E-state index in [0.29, 0.717) is 12.2 Å². The Kier molecular flexibility index (Phi) is 13.2. The van der Waals surface area contributed by atoms with E-state index in [1.54, 1.807) is 19.2 Å². The van der Waals surface area contributed by atoms with Gasteiger partial charge in [0.2, 0.25) is 0 Å². The van der Waals surface area contributed by atoms with Gasteiger partial charge in [-0.05, 0) is 74.8 Å². The van der Waals surface area contributed by atoms with Gasteiger partial charge >= 0.3 is 0 Å². The van der Waals surface area contributed by atoms with E-state index in [0.717, 1.165) is 15.5 Å². The zero-order chi connectivity index (χ0) is 23.1. The minimum Gasteiger partial charge on any atom is -0.507 e. The second-order valence-electron chi connectivity index (χ2n) is 6.31. The van der Waals surface area contributed by atoms with Crippen molar-refractivity contribution in [1.29, 1.82) is 5.26 Å². The van der Waals surface area contributed by atoms with Crippen molar-refractivity contribution in [3.8, 4) is 11.8 Å². The van der Waals surface area contributed by atoms with E-state index in [2.05, 4.69) is 32.0 Å². The van der Waals surface area contributed by atoms with E-state index in [9.17, 15) is 4.79 Å². The number of rotatable bonds is 5. The van der Waals surface area contributed by atoms with Gasteiger partial charge in [0.15, 0.2) is 0 Å². The third-order valence-electron chi connectivity index (χ3n) is 3.92. The summed E-state index contributed by atoms with van der Waals surface area (Å²) in [7, 11) is 4.24. The molecule has 5 nitrogen and oxygen atoms in total. The molecule has 0 amide bonds. The summed E-state index contributed by atoms with van der Waals surface area (Å²) in [5.41, 5.74) is 2.58. The number of hydrogen-bond acceptors (Lipinski definition) is 5. The van der Waals surface area contributed by atoms with E-state index in [1.807, 2.05) is 78.3 Å². The lowest BCUT2D eigenvalue weighted by atomic mass is 10.2.